The third-order valence-corrected chi connectivity index (χ3v) is 8.68. The lowest BCUT2D eigenvalue weighted by Crippen LogP contribution is -2.46. The quantitative estimate of drug-likeness (QED) is 0.269. The second kappa shape index (κ2) is 13.3. The van der Waals surface area contributed by atoms with Crippen LogP contribution in [0.4, 0.5) is 0 Å². The SMILES string of the molecule is Cc1ccc(CCCC(C)(C)NC[C@H](O)CN(C)S(=O)(=O)c2cccc(-c3ccc(CC(=O)O)cc3)c2)cc1. The average Bonchev–Trinajstić information content (AvgIpc) is 2.89. The van der Waals surface area contributed by atoms with Crippen LogP contribution in [0.15, 0.2) is 77.7 Å². The van der Waals surface area contributed by atoms with Crippen LogP contribution >= 0.6 is 0 Å². The Morgan fingerprint density at radius 3 is 2.26 bits per heavy atom. The van der Waals surface area contributed by atoms with E-state index in [1.54, 1.807) is 36.4 Å². The third kappa shape index (κ3) is 9.28. The Morgan fingerprint density at radius 1 is 0.974 bits per heavy atom. The second-order valence-electron chi connectivity index (χ2n) is 10.8. The molecular weight excluding hydrogens is 512 g/mol. The van der Waals surface area contributed by atoms with Crippen molar-refractivity contribution in [2.45, 2.75) is 63.0 Å². The summed E-state index contributed by atoms with van der Waals surface area (Å²) >= 11 is 0. The predicted molar refractivity (Wildman–Crippen MR) is 155 cm³/mol. The van der Waals surface area contributed by atoms with Crippen LogP contribution in [-0.4, -0.2) is 60.7 Å². The first-order valence-electron chi connectivity index (χ1n) is 13.2. The summed E-state index contributed by atoms with van der Waals surface area (Å²) in [5.74, 6) is -0.905. The molecule has 1 atom stereocenters. The van der Waals surface area contributed by atoms with Gasteiger partial charge in [0.05, 0.1) is 17.4 Å². The minimum atomic E-state index is -3.82. The van der Waals surface area contributed by atoms with E-state index in [1.807, 2.05) is 6.07 Å². The average molecular weight is 553 g/mol. The van der Waals surface area contributed by atoms with Gasteiger partial charge in [-0.2, -0.15) is 4.31 Å². The predicted octanol–water partition coefficient (Wildman–Crippen LogP) is 4.66. The van der Waals surface area contributed by atoms with Crippen molar-refractivity contribution in [1.29, 1.82) is 0 Å². The molecular formula is C31H40N2O5S. The first-order chi connectivity index (χ1) is 18.4. The highest BCUT2D eigenvalue weighted by Crippen LogP contribution is 2.25. The van der Waals surface area contributed by atoms with Crippen LogP contribution in [0.2, 0.25) is 0 Å². The monoisotopic (exact) mass is 552 g/mol. The van der Waals surface area contributed by atoms with Gasteiger partial charge in [0.2, 0.25) is 10.0 Å². The van der Waals surface area contributed by atoms with Crippen molar-refractivity contribution in [3.63, 3.8) is 0 Å². The number of nitrogens with one attached hydrogen (secondary N) is 1. The van der Waals surface area contributed by atoms with Crippen LogP contribution in [0, 0.1) is 6.92 Å². The number of β-amino-alcohol motifs (C(OH)–C–C–N with tert-alkyl or cyclic N) is 1. The first kappa shape index (κ1) is 30.5. The Kier molecular flexibility index (Phi) is 10.4. The molecule has 210 valence electrons. The maximum Gasteiger partial charge on any atom is 0.307 e. The first-order valence-corrected chi connectivity index (χ1v) is 14.7. The molecule has 0 bridgehead atoms. The maximum atomic E-state index is 13.3. The van der Waals surface area contributed by atoms with Crippen molar-refractivity contribution in [1.82, 2.24) is 9.62 Å². The van der Waals surface area contributed by atoms with Crippen LogP contribution in [0.3, 0.4) is 0 Å². The second-order valence-corrected chi connectivity index (χ2v) is 12.9. The highest BCUT2D eigenvalue weighted by atomic mass is 32.2. The fourth-order valence-corrected chi connectivity index (χ4v) is 5.69. The Bertz CT molecular complexity index is 1340. The molecule has 0 amide bonds. The summed E-state index contributed by atoms with van der Waals surface area (Å²) in [5.41, 5.74) is 4.53. The van der Waals surface area contributed by atoms with Crippen LogP contribution in [-0.2, 0) is 27.7 Å². The van der Waals surface area contributed by atoms with E-state index >= 15 is 0 Å². The molecule has 0 saturated heterocycles. The summed E-state index contributed by atoms with van der Waals surface area (Å²) in [6.45, 7) is 6.50. The Morgan fingerprint density at radius 2 is 1.62 bits per heavy atom. The zero-order chi connectivity index (χ0) is 28.6. The molecule has 3 aromatic rings. The van der Waals surface area contributed by atoms with Gasteiger partial charge in [0.15, 0.2) is 0 Å². The topological polar surface area (TPSA) is 107 Å². The number of aliphatic hydroxyl groups excluding tert-OH is 1. The zero-order valence-electron chi connectivity index (χ0n) is 23.2. The number of likely N-dealkylation sites (N-methyl/N-ethyl adjacent to an activating group) is 1. The molecule has 0 heterocycles. The van der Waals surface area contributed by atoms with E-state index in [0.29, 0.717) is 11.1 Å². The number of sulfonamides is 1. The number of hydrogen-bond donors (Lipinski definition) is 3. The molecule has 3 N–H and O–H groups in total. The van der Waals surface area contributed by atoms with Crippen LogP contribution in [0.25, 0.3) is 11.1 Å². The van der Waals surface area contributed by atoms with E-state index in [1.165, 1.54) is 28.5 Å². The van der Waals surface area contributed by atoms with E-state index in [0.717, 1.165) is 24.8 Å². The minimum absolute atomic E-state index is 0.0388. The molecule has 0 unspecified atom stereocenters. The van der Waals surface area contributed by atoms with Gasteiger partial charge in [0.25, 0.3) is 0 Å². The molecule has 0 radical (unpaired) electrons. The highest BCUT2D eigenvalue weighted by molar-refractivity contribution is 7.89. The zero-order valence-corrected chi connectivity index (χ0v) is 24.0. The summed E-state index contributed by atoms with van der Waals surface area (Å²) in [6.07, 6.45) is 1.98. The molecule has 0 aliphatic carbocycles. The van der Waals surface area contributed by atoms with Crippen molar-refractivity contribution in [3.05, 3.63) is 89.5 Å². The third-order valence-electron chi connectivity index (χ3n) is 6.86. The number of aryl methyl sites for hydroxylation is 2. The summed E-state index contributed by atoms with van der Waals surface area (Å²) in [6, 6.07) is 22.2. The fourth-order valence-electron chi connectivity index (χ4n) is 4.44. The largest absolute Gasteiger partial charge is 0.481 e. The smallest absolute Gasteiger partial charge is 0.307 e. The van der Waals surface area contributed by atoms with Gasteiger partial charge in [-0.25, -0.2) is 8.42 Å². The molecule has 0 aromatic heterocycles. The molecule has 0 spiro atoms. The maximum absolute atomic E-state index is 13.3. The van der Waals surface area contributed by atoms with Gasteiger partial charge in [0, 0.05) is 25.7 Å². The summed E-state index contributed by atoms with van der Waals surface area (Å²) in [7, 11) is -2.35. The van der Waals surface area contributed by atoms with Crippen molar-refractivity contribution in [3.8, 4) is 11.1 Å². The summed E-state index contributed by atoms with van der Waals surface area (Å²) in [5, 5.41) is 23.0. The Labute approximate surface area is 232 Å². The van der Waals surface area contributed by atoms with E-state index in [2.05, 4.69) is 50.4 Å². The van der Waals surface area contributed by atoms with E-state index in [-0.39, 0.29) is 29.9 Å². The van der Waals surface area contributed by atoms with Gasteiger partial charge in [-0.1, -0.05) is 66.2 Å². The van der Waals surface area contributed by atoms with Gasteiger partial charge in [0.1, 0.15) is 0 Å². The normalized spacial score (nSPS) is 13.0. The van der Waals surface area contributed by atoms with Gasteiger partial charge in [-0.05, 0) is 74.4 Å². The lowest BCUT2D eigenvalue weighted by molar-refractivity contribution is -0.136. The lowest BCUT2D eigenvalue weighted by atomic mass is 9.95. The number of carbonyl (C=O) groups is 1. The molecule has 8 heteroatoms. The molecule has 3 rings (SSSR count). The number of aliphatic hydroxyl groups is 1. The van der Waals surface area contributed by atoms with Crippen LogP contribution in [0.5, 0.6) is 0 Å². The number of hydrogen-bond acceptors (Lipinski definition) is 5. The molecule has 0 fully saturated rings. The van der Waals surface area contributed by atoms with Gasteiger partial charge in [-0.3, -0.25) is 4.79 Å². The molecule has 0 aliphatic rings. The number of rotatable bonds is 14. The number of nitrogens with zero attached hydrogens (tertiary/aromatic N) is 1. The molecule has 39 heavy (non-hydrogen) atoms. The standard InChI is InChI=1S/C31H40N2O5S/c1-23-10-12-24(13-11-23)7-6-18-31(2,3)32-21-28(34)22-33(4)39(37,38)29-9-5-8-27(20-29)26-16-14-25(15-17-26)19-30(35)36/h5,8-17,20,28,32,34H,6-7,18-19,21-22H2,1-4H3,(H,35,36)/t28-/m0/s1. The van der Waals surface area contributed by atoms with Crippen molar-refractivity contribution in [2.75, 3.05) is 20.1 Å². The Hall–Kier alpha value is -3.04. The molecule has 0 aliphatic heterocycles. The molecule has 3 aromatic carbocycles. The number of aliphatic carboxylic acids is 1. The summed E-state index contributed by atoms with van der Waals surface area (Å²) < 4.78 is 27.7. The van der Waals surface area contributed by atoms with Crippen LogP contribution < -0.4 is 5.32 Å². The Balaban J connectivity index is 1.54. The van der Waals surface area contributed by atoms with Gasteiger partial charge >= 0.3 is 5.97 Å². The van der Waals surface area contributed by atoms with E-state index < -0.39 is 22.1 Å². The van der Waals surface area contributed by atoms with Crippen LogP contribution in [0.1, 0.15) is 43.4 Å². The fraction of sp³-hybridized carbons (Fsp3) is 0.387. The van der Waals surface area contributed by atoms with Crippen molar-refractivity contribution in [2.24, 2.45) is 0 Å². The van der Waals surface area contributed by atoms with Gasteiger partial charge < -0.3 is 15.5 Å². The lowest BCUT2D eigenvalue weighted by Gasteiger charge is -2.29. The number of benzene rings is 3. The number of carboxylic acid groups (broad SMARTS) is 1. The minimum Gasteiger partial charge on any atom is -0.481 e. The van der Waals surface area contributed by atoms with Crippen molar-refractivity contribution >= 4 is 16.0 Å². The van der Waals surface area contributed by atoms with E-state index in [4.69, 9.17) is 5.11 Å². The number of carboxylic acids is 1. The van der Waals surface area contributed by atoms with Gasteiger partial charge in [-0.15, -0.1) is 0 Å². The highest BCUT2D eigenvalue weighted by Gasteiger charge is 2.25. The molecule has 7 nitrogen and oxygen atoms in total. The van der Waals surface area contributed by atoms with Crippen molar-refractivity contribution < 1.29 is 23.4 Å². The molecule has 0 saturated carbocycles. The summed E-state index contributed by atoms with van der Waals surface area (Å²) in [4.78, 5) is 11.0. The van der Waals surface area contributed by atoms with E-state index in [9.17, 15) is 18.3 Å².